The van der Waals surface area contributed by atoms with Crippen molar-refractivity contribution < 1.29 is 4.79 Å². The van der Waals surface area contributed by atoms with Crippen LogP contribution in [0.15, 0.2) is 48.5 Å². The average molecular weight is 474 g/mol. The van der Waals surface area contributed by atoms with Gasteiger partial charge in [0.25, 0.3) is 5.91 Å². The molecule has 1 aliphatic heterocycles. The first-order chi connectivity index (χ1) is 16.5. The van der Waals surface area contributed by atoms with Crippen LogP contribution >= 0.6 is 11.6 Å². The summed E-state index contributed by atoms with van der Waals surface area (Å²) in [4.78, 5) is 26.6. The number of aromatic nitrogens is 2. The van der Waals surface area contributed by atoms with E-state index in [0.29, 0.717) is 42.6 Å². The van der Waals surface area contributed by atoms with Crippen molar-refractivity contribution in [3.05, 3.63) is 87.3 Å². The van der Waals surface area contributed by atoms with Crippen LogP contribution in [0.3, 0.4) is 0 Å². The largest absolute Gasteiger partial charge is 0.353 e. The summed E-state index contributed by atoms with van der Waals surface area (Å²) >= 11 is 6.25. The number of piperazine rings is 1. The highest BCUT2D eigenvalue weighted by atomic mass is 35.5. The van der Waals surface area contributed by atoms with Crippen molar-refractivity contribution in [2.24, 2.45) is 0 Å². The highest BCUT2D eigenvalue weighted by Crippen LogP contribution is 2.27. The molecule has 0 N–H and O–H groups in total. The van der Waals surface area contributed by atoms with Crippen LogP contribution in [0.1, 0.15) is 45.5 Å². The molecule has 3 aromatic rings. The van der Waals surface area contributed by atoms with Gasteiger partial charge >= 0.3 is 0 Å². The maximum absolute atomic E-state index is 13.0. The van der Waals surface area contributed by atoms with Crippen LogP contribution in [0.4, 0.5) is 5.82 Å². The number of amides is 1. The molecule has 0 aliphatic carbocycles. The number of halogens is 1. The van der Waals surface area contributed by atoms with Gasteiger partial charge in [-0.2, -0.15) is 5.26 Å². The molecule has 2 aromatic carbocycles. The molecule has 6 nitrogen and oxygen atoms in total. The smallest absolute Gasteiger partial charge is 0.255 e. The molecule has 1 fully saturated rings. The Hall–Kier alpha value is -3.43. The fraction of sp³-hybridized carbons (Fsp3) is 0.333. The second kappa shape index (κ2) is 10.7. The second-order valence-corrected chi connectivity index (χ2v) is 8.91. The third-order valence-corrected chi connectivity index (χ3v) is 6.45. The zero-order chi connectivity index (χ0) is 24.1. The Morgan fingerprint density at radius 3 is 2.53 bits per heavy atom. The number of nitriles is 1. The molecule has 0 bridgehead atoms. The monoisotopic (exact) mass is 473 g/mol. The van der Waals surface area contributed by atoms with E-state index in [1.807, 2.05) is 17.0 Å². The summed E-state index contributed by atoms with van der Waals surface area (Å²) in [6, 6.07) is 17.8. The Labute approximate surface area is 205 Å². The van der Waals surface area contributed by atoms with Crippen molar-refractivity contribution >= 4 is 23.3 Å². The molecule has 1 saturated heterocycles. The highest BCUT2D eigenvalue weighted by Gasteiger charge is 2.27. The maximum atomic E-state index is 13.0. The van der Waals surface area contributed by atoms with Gasteiger partial charge in [-0.15, -0.1) is 0 Å². The first-order valence-corrected chi connectivity index (χ1v) is 12.0. The molecule has 0 unspecified atom stereocenters. The van der Waals surface area contributed by atoms with E-state index >= 15 is 0 Å². The fourth-order valence-electron chi connectivity index (χ4n) is 4.40. The lowest BCUT2D eigenvalue weighted by molar-refractivity contribution is 0.0746. The number of hydrogen-bond donors (Lipinski definition) is 0. The minimum Gasteiger partial charge on any atom is -0.353 e. The number of carbonyl (C=O) groups excluding carboxylic acids is 1. The molecule has 7 heteroatoms. The van der Waals surface area contributed by atoms with Crippen molar-refractivity contribution in [1.29, 1.82) is 5.26 Å². The van der Waals surface area contributed by atoms with Crippen molar-refractivity contribution in [3.63, 3.8) is 0 Å². The molecule has 2 heterocycles. The molecule has 4 rings (SSSR count). The van der Waals surface area contributed by atoms with E-state index in [9.17, 15) is 10.1 Å². The lowest BCUT2D eigenvalue weighted by atomic mass is 10.00. The van der Waals surface area contributed by atoms with E-state index in [1.54, 1.807) is 12.1 Å². The van der Waals surface area contributed by atoms with Crippen LogP contribution in [-0.2, 0) is 19.3 Å². The molecule has 0 radical (unpaired) electrons. The molecule has 0 saturated carbocycles. The van der Waals surface area contributed by atoms with Crippen LogP contribution in [0.5, 0.6) is 0 Å². The van der Waals surface area contributed by atoms with E-state index < -0.39 is 0 Å². The molecule has 0 spiro atoms. The summed E-state index contributed by atoms with van der Waals surface area (Å²) in [7, 11) is 0. The van der Waals surface area contributed by atoms with Crippen LogP contribution < -0.4 is 4.90 Å². The molecule has 0 atom stereocenters. The van der Waals surface area contributed by atoms with Crippen LogP contribution in [0, 0.1) is 18.3 Å². The van der Waals surface area contributed by atoms with Gasteiger partial charge < -0.3 is 9.80 Å². The van der Waals surface area contributed by atoms with Gasteiger partial charge in [-0.1, -0.05) is 60.5 Å². The van der Waals surface area contributed by atoms with Crippen molar-refractivity contribution in [3.8, 4) is 6.07 Å². The number of nitrogens with zero attached hydrogens (tertiary/aromatic N) is 5. The molecular formula is C27H28ClN5O. The van der Waals surface area contributed by atoms with E-state index in [2.05, 4.69) is 49.1 Å². The van der Waals surface area contributed by atoms with Gasteiger partial charge in [0.15, 0.2) is 0 Å². The summed E-state index contributed by atoms with van der Waals surface area (Å²) in [6.45, 7) is 6.64. The zero-order valence-corrected chi connectivity index (χ0v) is 20.3. The van der Waals surface area contributed by atoms with E-state index in [4.69, 9.17) is 21.6 Å². The summed E-state index contributed by atoms with van der Waals surface area (Å²) in [6.07, 6.45) is 1.67. The van der Waals surface area contributed by atoms with Gasteiger partial charge in [0.1, 0.15) is 11.6 Å². The predicted molar refractivity (Wildman–Crippen MR) is 134 cm³/mol. The lowest BCUT2D eigenvalue weighted by Crippen LogP contribution is -2.49. The third kappa shape index (κ3) is 5.21. The topological polar surface area (TPSA) is 73.1 Å². The number of carbonyl (C=O) groups is 1. The Kier molecular flexibility index (Phi) is 7.44. The SMILES string of the molecule is CCc1nc(CC#N)nc(N2CCN(C(=O)c3ccccc3Cl)CC2)c1Cc1cccc(C)c1. The highest BCUT2D eigenvalue weighted by molar-refractivity contribution is 6.33. The van der Waals surface area contributed by atoms with Crippen LogP contribution in [0.25, 0.3) is 0 Å². The van der Waals surface area contributed by atoms with E-state index in [0.717, 1.165) is 29.9 Å². The van der Waals surface area contributed by atoms with E-state index in [-0.39, 0.29) is 12.3 Å². The molecular weight excluding hydrogens is 446 g/mol. The van der Waals surface area contributed by atoms with Crippen molar-refractivity contribution in [1.82, 2.24) is 14.9 Å². The van der Waals surface area contributed by atoms with Gasteiger partial charge in [-0.25, -0.2) is 9.97 Å². The van der Waals surface area contributed by atoms with Gasteiger partial charge in [-0.05, 0) is 31.0 Å². The lowest BCUT2D eigenvalue weighted by Gasteiger charge is -2.36. The molecule has 34 heavy (non-hydrogen) atoms. The first kappa shape index (κ1) is 23.7. The van der Waals surface area contributed by atoms with Crippen LogP contribution in [0.2, 0.25) is 5.02 Å². The number of hydrogen-bond acceptors (Lipinski definition) is 5. The summed E-state index contributed by atoms with van der Waals surface area (Å²) < 4.78 is 0. The van der Waals surface area contributed by atoms with Crippen molar-refractivity contribution in [2.45, 2.75) is 33.1 Å². The van der Waals surface area contributed by atoms with Gasteiger partial charge in [0.2, 0.25) is 0 Å². The standard InChI is InChI=1S/C27H28ClN5O/c1-3-24-22(18-20-8-6-7-19(2)17-20)26(31-25(30-24)11-12-29)32-13-15-33(16-14-32)27(34)21-9-4-5-10-23(21)28/h4-10,17H,3,11,13-16,18H2,1-2H3. The summed E-state index contributed by atoms with van der Waals surface area (Å²) in [5, 5.41) is 9.72. The Balaban J connectivity index is 1.61. The molecule has 1 amide bonds. The van der Waals surface area contributed by atoms with Gasteiger partial charge in [-0.3, -0.25) is 4.79 Å². The second-order valence-electron chi connectivity index (χ2n) is 8.50. The van der Waals surface area contributed by atoms with Gasteiger partial charge in [0, 0.05) is 43.9 Å². The predicted octanol–water partition coefficient (Wildman–Crippen LogP) is 4.62. The molecule has 174 valence electrons. The van der Waals surface area contributed by atoms with Crippen LogP contribution in [-0.4, -0.2) is 47.0 Å². The number of benzene rings is 2. The first-order valence-electron chi connectivity index (χ1n) is 11.6. The molecule has 1 aliphatic rings. The minimum atomic E-state index is -0.0488. The summed E-state index contributed by atoms with van der Waals surface area (Å²) in [5.41, 5.74) is 5.03. The normalized spacial score (nSPS) is 13.6. The third-order valence-electron chi connectivity index (χ3n) is 6.12. The van der Waals surface area contributed by atoms with Gasteiger partial charge in [0.05, 0.1) is 23.1 Å². The van der Waals surface area contributed by atoms with Crippen molar-refractivity contribution in [2.75, 3.05) is 31.1 Å². The zero-order valence-electron chi connectivity index (χ0n) is 19.6. The summed E-state index contributed by atoms with van der Waals surface area (Å²) in [5.74, 6) is 1.38. The number of rotatable bonds is 6. The Morgan fingerprint density at radius 2 is 1.85 bits per heavy atom. The number of aryl methyl sites for hydroxylation is 2. The quantitative estimate of drug-likeness (QED) is 0.522. The molecule has 1 aromatic heterocycles. The Morgan fingerprint density at radius 1 is 1.09 bits per heavy atom. The minimum absolute atomic E-state index is 0.0488. The average Bonchev–Trinajstić information content (AvgIpc) is 2.85. The maximum Gasteiger partial charge on any atom is 0.255 e. The number of anilines is 1. The van der Waals surface area contributed by atoms with E-state index in [1.165, 1.54) is 11.1 Å². The Bertz CT molecular complexity index is 1230. The fourth-order valence-corrected chi connectivity index (χ4v) is 4.62.